The summed E-state index contributed by atoms with van der Waals surface area (Å²) in [6, 6.07) is 11.3. The van der Waals surface area contributed by atoms with Crippen LogP contribution in [0.25, 0.3) is 11.3 Å². The van der Waals surface area contributed by atoms with Gasteiger partial charge in [-0.3, -0.25) is 10.1 Å². The van der Waals surface area contributed by atoms with Crippen molar-refractivity contribution in [2.45, 2.75) is 12.5 Å². The van der Waals surface area contributed by atoms with Crippen molar-refractivity contribution in [2.24, 2.45) is 0 Å². The lowest BCUT2D eigenvalue weighted by molar-refractivity contribution is -0.275. The van der Waals surface area contributed by atoms with Crippen LogP contribution < -0.4 is 20.3 Å². The zero-order chi connectivity index (χ0) is 28.9. The molecular formula is C25H22F4N6O4S. The van der Waals surface area contributed by atoms with Gasteiger partial charge in [0.15, 0.2) is 16.7 Å². The summed E-state index contributed by atoms with van der Waals surface area (Å²) < 4.78 is 55.8. The molecule has 40 heavy (non-hydrogen) atoms. The molecule has 0 bridgehead atoms. The van der Waals surface area contributed by atoms with Crippen LogP contribution in [-0.4, -0.2) is 63.7 Å². The van der Waals surface area contributed by atoms with E-state index < -0.39 is 29.9 Å². The number of carbonyl (C=O) groups excluding carboxylic acids is 1. The summed E-state index contributed by atoms with van der Waals surface area (Å²) in [5, 5.41) is 25.8. The molecule has 0 saturated carbocycles. The largest absolute Gasteiger partial charge is 0.573 e. The van der Waals surface area contributed by atoms with Gasteiger partial charge in [-0.2, -0.15) is 0 Å². The van der Waals surface area contributed by atoms with Crippen LogP contribution in [0.4, 0.5) is 40.0 Å². The highest BCUT2D eigenvalue weighted by molar-refractivity contribution is 7.14. The number of nitrogens with zero attached hydrogens (tertiary/aromatic N) is 4. The number of carbonyl (C=O) groups is 1. The summed E-state index contributed by atoms with van der Waals surface area (Å²) in [6.07, 6.45) is -4.63. The van der Waals surface area contributed by atoms with Crippen LogP contribution in [0.2, 0.25) is 0 Å². The number of aliphatic hydroxyl groups is 2. The first kappa shape index (κ1) is 28.7. The fourth-order valence-corrected chi connectivity index (χ4v) is 4.19. The number of hydrogen-bond acceptors (Lipinski definition) is 10. The van der Waals surface area contributed by atoms with E-state index in [-0.39, 0.29) is 35.1 Å². The Balaban J connectivity index is 1.40. The number of thiazole rings is 1. The van der Waals surface area contributed by atoms with Gasteiger partial charge in [0.2, 0.25) is 0 Å². The molecule has 1 atom stereocenters. The lowest BCUT2D eigenvalue weighted by Crippen LogP contribution is -2.31. The molecule has 2 heterocycles. The molecule has 4 N–H and O–H groups in total. The predicted octanol–water partition coefficient (Wildman–Crippen LogP) is 4.42. The number of nitrogens with one attached hydrogen (secondary N) is 2. The van der Waals surface area contributed by atoms with Crippen LogP contribution in [-0.2, 0) is 0 Å². The number of likely N-dealkylation sites (N-methyl/N-ethyl adjacent to an activating group) is 1. The van der Waals surface area contributed by atoms with Crippen LogP contribution in [0.5, 0.6) is 5.75 Å². The zero-order valence-electron chi connectivity index (χ0n) is 20.7. The third kappa shape index (κ3) is 7.40. The summed E-state index contributed by atoms with van der Waals surface area (Å²) in [5.41, 5.74) is 0.727. The van der Waals surface area contributed by atoms with Gasteiger partial charge < -0.3 is 25.2 Å². The fraction of sp³-hybridized carbons (Fsp3) is 0.200. The highest BCUT2D eigenvalue weighted by Crippen LogP contribution is 2.34. The topological polar surface area (TPSA) is 133 Å². The van der Waals surface area contributed by atoms with Gasteiger partial charge >= 0.3 is 6.36 Å². The van der Waals surface area contributed by atoms with E-state index in [0.29, 0.717) is 17.3 Å². The Labute approximate surface area is 228 Å². The second kappa shape index (κ2) is 12.2. The number of rotatable bonds is 10. The van der Waals surface area contributed by atoms with Gasteiger partial charge in [-0.25, -0.2) is 19.3 Å². The normalized spacial score (nSPS) is 12.1. The molecule has 2 aromatic carbocycles. The number of aromatic nitrogens is 3. The SMILES string of the molecule is CN(C[C@H](O)CO)c1cc(Nc2ccc(C(=O)Nc3nc(-c4cccc(OC(F)(F)F)c4F)cs3)cc2)ncn1. The summed E-state index contributed by atoms with van der Waals surface area (Å²) >= 11 is 0.976. The molecule has 2 aromatic heterocycles. The van der Waals surface area contributed by atoms with E-state index in [1.807, 2.05) is 0 Å². The molecule has 210 valence electrons. The van der Waals surface area contributed by atoms with Gasteiger partial charge in [0.25, 0.3) is 5.91 Å². The summed E-state index contributed by atoms with van der Waals surface area (Å²) in [4.78, 5) is 26.8. The third-order valence-electron chi connectivity index (χ3n) is 5.35. The second-order valence-electron chi connectivity index (χ2n) is 8.34. The molecule has 0 unspecified atom stereocenters. The molecule has 4 aromatic rings. The maximum atomic E-state index is 14.6. The van der Waals surface area contributed by atoms with Gasteiger partial charge in [-0.05, 0) is 36.4 Å². The van der Waals surface area contributed by atoms with Crippen LogP contribution in [0.15, 0.2) is 60.2 Å². The number of hydrogen-bond donors (Lipinski definition) is 4. The molecule has 10 nitrogen and oxygen atoms in total. The third-order valence-corrected chi connectivity index (χ3v) is 6.11. The van der Waals surface area contributed by atoms with Crippen molar-refractivity contribution in [1.29, 1.82) is 0 Å². The highest BCUT2D eigenvalue weighted by Gasteiger charge is 2.33. The number of ether oxygens (including phenoxy) is 1. The average Bonchev–Trinajstić information content (AvgIpc) is 3.37. The minimum atomic E-state index is -5.05. The lowest BCUT2D eigenvalue weighted by Gasteiger charge is -2.20. The van der Waals surface area contributed by atoms with Crippen molar-refractivity contribution in [3.8, 4) is 17.0 Å². The molecule has 15 heteroatoms. The van der Waals surface area contributed by atoms with Gasteiger partial charge in [0.1, 0.15) is 18.0 Å². The first-order valence-corrected chi connectivity index (χ1v) is 12.4. The molecule has 0 aliphatic rings. The number of amides is 1. The Morgan fingerprint density at radius 2 is 1.93 bits per heavy atom. The van der Waals surface area contributed by atoms with E-state index in [1.54, 1.807) is 42.3 Å². The van der Waals surface area contributed by atoms with Gasteiger partial charge in [0, 0.05) is 41.9 Å². The minimum absolute atomic E-state index is 0.0331. The minimum Gasteiger partial charge on any atom is -0.403 e. The van der Waals surface area contributed by atoms with E-state index in [2.05, 4.69) is 30.3 Å². The molecule has 0 spiro atoms. The first-order chi connectivity index (χ1) is 19.0. The summed E-state index contributed by atoms with van der Waals surface area (Å²) in [5.74, 6) is -1.74. The van der Waals surface area contributed by atoms with E-state index >= 15 is 0 Å². The quantitative estimate of drug-likeness (QED) is 0.202. The maximum Gasteiger partial charge on any atom is 0.573 e. The first-order valence-electron chi connectivity index (χ1n) is 11.5. The Kier molecular flexibility index (Phi) is 8.77. The number of aliphatic hydroxyl groups excluding tert-OH is 2. The molecule has 1 amide bonds. The van der Waals surface area contributed by atoms with E-state index in [9.17, 15) is 27.5 Å². The highest BCUT2D eigenvalue weighted by atomic mass is 32.1. The van der Waals surface area contributed by atoms with Crippen molar-refractivity contribution in [3.63, 3.8) is 0 Å². The Morgan fingerprint density at radius 3 is 2.62 bits per heavy atom. The van der Waals surface area contributed by atoms with Crippen LogP contribution >= 0.6 is 11.3 Å². The van der Waals surface area contributed by atoms with Gasteiger partial charge in [-0.15, -0.1) is 24.5 Å². The van der Waals surface area contributed by atoms with Crippen molar-refractivity contribution < 1.29 is 37.3 Å². The molecular weight excluding hydrogens is 556 g/mol. The zero-order valence-corrected chi connectivity index (χ0v) is 21.5. The molecule has 0 aliphatic heterocycles. The Morgan fingerprint density at radius 1 is 1.18 bits per heavy atom. The number of halogens is 4. The maximum absolute atomic E-state index is 14.6. The standard InChI is InChI=1S/C25H22F4N6O4S/c1-35(10-16(37)11-36)21-9-20(30-13-31-21)32-15-7-5-14(6-8-15)23(38)34-24-33-18(12-40-24)17-3-2-4-19(22(17)26)39-25(27,28)29/h2-9,12-13,16,36-37H,10-11H2,1H3,(H,30,31,32)(H,33,34,38)/t16-/m0/s1. The molecule has 0 radical (unpaired) electrons. The van der Waals surface area contributed by atoms with E-state index in [1.165, 1.54) is 23.8 Å². The average molecular weight is 579 g/mol. The van der Waals surface area contributed by atoms with Gasteiger partial charge in [-0.1, -0.05) is 6.07 Å². The Bertz CT molecular complexity index is 1470. The van der Waals surface area contributed by atoms with Crippen molar-refractivity contribution in [3.05, 3.63) is 71.6 Å². The summed E-state index contributed by atoms with van der Waals surface area (Å²) in [7, 11) is 1.71. The summed E-state index contributed by atoms with van der Waals surface area (Å²) in [6.45, 7) is -0.206. The smallest absolute Gasteiger partial charge is 0.403 e. The predicted molar refractivity (Wildman–Crippen MR) is 140 cm³/mol. The Hall–Kier alpha value is -4.34. The number of alkyl halides is 3. The van der Waals surface area contributed by atoms with Crippen molar-refractivity contribution >= 4 is 39.7 Å². The van der Waals surface area contributed by atoms with Crippen molar-refractivity contribution in [2.75, 3.05) is 35.7 Å². The second-order valence-corrected chi connectivity index (χ2v) is 9.20. The molecule has 4 rings (SSSR count). The number of benzene rings is 2. The molecule has 0 fully saturated rings. The van der Waals surface area contributed by atoms with E-state index in [0.717, 1.165) is 17.4 Å². The van der Waals surface area contributed by atoms with Crippen molar-refractivity contribution in [1.82, 2.24) is 15.0 Å². The van der Waals surface area contributed by atoms with Crippen LogP contribution in [0.1, 0.15) is 10.4 Å². The monoisotopic (exact) mass is 578 g/mol. The fourth-order valence-electron chi connectivity index (χ4n) is 3.48. The van der Waals surface area contributed by atoms with Crippen LogP contribution in [0, 0.1) is 5.82 Å². The van der Waals surface area contributed by atoms with Crippen LogP contribution in [0.3, 0.4) is 0 Å². The lowest BCUT2D eigenvalue weighted by atomic mass is 10.1. The number of anilines is 4. The molecule has 0 saturated heterocycles. The van der Waals surface area contributed by atoms with Gasteiger partial charge in [0.05, 0.1) is 18.4 Å². The van der Waals surface area contributed by atoms with E-state index in [4.69, 9.17) is 5.11 Å². The molecule has 0 aliphatic carbocycles.